The summed E-state index contributed by atoms with van der Waals surface area (Å²) in [4.78, 5) is 11.2. The highest BCUT2D eigenvalue weighted by atomic mass is 79.9. The van der Waals surface area contributed by atoms with Gasteiger partial charge in [-0.15, -0.1) is 0 Å². The molecular formula is C12H17BrO3. The smallest absolute Gasteiger partial charge is 0.303 e. The van der Waals surface area contributed by atoms with Gasteiger partial charge >= 0.3 is 5.97 Å². The summed E-state index contributed by atoms with van der Waals surface area (Å²) in [6.07, 6.45) is 4.55. The molecule has 0 aromatic rings. The molecule has 3 nitrogen and oxygen atoms in total. The van der Waals surface area contributed by atoms with Crippen LogP contribution in [-0.2, 0) is 9.53 Å². The summed E-state index contributed by atoms with van der Waals surface area (Å²) >= 11 is 3.75. The highest BCUT2D eigenvalue weighted by Gasteiger charge is 2.64. The van der Waals surface area contributed by atoms with Gasteiger partial charge in [-0.2, -0.15) is 0 Å². The van der Waals surface area contributed by atoms with Gasteiger partial charge in [0.2, 0.25) is 0 Å². The molecule has 4 aliphatic rings. The van der Waals surface area contributed by atoms with Gasteiger partial charge in [0.1, 0.15) is 11.7 Å². The quantitative estimate of drug-likeness (QED) is 0.593. The van der Waals surface area contributed by atoms with E-state index in [2.05, 4.69) is 15.9 Å². The molecule has 0 spiro atoms. The fourth-order valence-electron chi connectivity index (χ4n) is 4.37. The molecule has 3 atom stereocenters. The molecule has 4 bridgehead atoms. The second-order valence-corrected chi connectivity index (χ2v) is 7.49. The molecule has 4 heteroatoms. The maximum absolute atomic E-state index is 11.2. The first-order valence-electron chi connectivity index (χ1n) is 6.00. The van der Waals surface area contributed by atoms with E-state index in [0.717, 1.165) is 25.7 Å². The molecule has 16 heavy (non-hydrogen) atoms. The molecule has 0 aromatic heterocycles. The molecule has 3 unspecified atom stereocenters. The summed E-state index contributed by atoms with van der Waals surface area (Å²) in [5.74, 6) is 0.914. The number of aliphatic hydroxyl groups is 1. The van der Waals surface area contributed by atoms with Crippen molar-refractivity contribution < 1.29 is 14.6 Å². The topological polar surface area (TPSA) is 46.5 Å². The molecule has 0 radical (unpaired) electrons. The highest BCUT2D eigenvalue weighted by molar-refractivity contribution is 9.10. The summed E-state index contributed by atoms with van der Waals surface area (Å²) in [7, 11) is 0. The molecule has 0 amide bonds. The van der Waals surface area contributed by atoms with Crippen molar-refractivity contribution in [2.24, 2.45) is 11.8 Å². The van der Waals surface area contributed by atoms with Gasteiger partial charge in [-0.25, -0.2) is 0 Å². The highest BCUT2D eigenvalue weighted by Crippen LogP contribution is 2.61. The van der Waals surface area contributed by atoms with Crippen molar-refractivity contribution in [3.05, 3.63) is 0 Å². The van der Waals surface area contributed by atoms with Crippen molar-refractivity contribution in [3.63, 3.8) is 0 Å². The molecule has 4 fully saturated rings. The van der Waals surface area contributed by atoms with Gasteiger partial charge in [-0.05, 0) is 43.9 Å². The lowest BCUT2D eigenvalue weighted by atomic mass is 9.52. The Balaban J connectivity index is 1.94. The second kappa shape index (κ2) is 3.22. The number of alkyl halides is 1. The first-order valence-corrected chi connectivity index (χ1v) is 6.79. The number of rotatable bonds is 1. The standard InChI is InChI=1S/C12H17BrO3/c1-7(14)16-10-11(13)3-8-2-9(4-11)6-12(10,15)5-8/h8-10,15H,2-6H2,1H3. The van der Waals surface area contributed by atoms with E-state index in [4.69, 9.17) is 4.74 Å². The lowest BCUT2D eigenvalue weighted by Gasteiger charge is -2.61. The van der Waals surface area contributed by atoms with Crippen LogP contribution in [0.3, 0.4) is 0 Å². The van der Waals surface area contributed by atoms with Gasteiger partial charge in [0.25, 0.3) is 0 Å². The average Bonchev–Trinajstić information content (AvgIpc) is 2.08. The zero-order valence-corrected chi connectivity index (χ0v) is 11.0. The van der Waals surface area contributed by atoms with Crippen LogP contribution < -0.4 is 0 Å². The molecule has 4 rings (SSSR count). The Morgan fingerprint density at radius 2 is 1.88 bits per heavy atom. The number of ether oxygens (including phenoxy) is 1. The van der Waals surface area contributed by atoms with E-state index < -0.39 is 5.60 Å². The fourth-order valence-corrected chi connectivity index (χ4v) is 5.80. The largest absolute Gasteiger partial charge is 0.458 e. The lowest BCUT2D eigenvalue weighted by Crippen LogP contribution is -2.67. The summed E-state index contributed by atoms with van der Waals surface area (Å²) in [6.45, 7) is 1.42. The van der Waals surface area contributed by atoms with E-state index in [9.17, 15) is 9.90 Å². The minimum absolute atomic E-state index is 0.169. The number of hydrogen-bond donors (Lipinski definition) is 1. The Bertz CT molecular complexity index is 305. The molecule has 0 saturated heterocycles. The van der Waals surface area contributed by atoms with Crippen LogP contribution >= 0.6 is 15.9 Å². The second-order valence-electron chi connectivity index (χ2n) is 5.91. The van der Waals surface area contributed by atoms with Gasteiger partial charge < -0.3 is 9.84 Å². The normalized spacial score (nSPS) is 54.1. The first kappa shape index (κ1) is 11.0. The van der Waals surface area contributed by atoms with Gasteiger partial charge in [0.05, 0.1) is 4.32 Å². The Labute approximate surface area is 104 Å². The Morgan fingerprint density at radius 3 is 2.31 bits per heavy atom. The van der Waals surface area contributed by atoms with Crippen molar-refractivity contribution in [3.8, 4) is 0 Å². The molecule has 0 heterocycles. The van der Waals surface area contributed by atoms with Crippen LogP contribution in [0.2, 0.25) is 0 Å². The van der Waals surface area contributed by atoms with Crippen molar-refractivity contribution in [1.29, 1.82) is 0 Å². The van der Waals surface area contributed by atoms with Crippen LogP contribution in [-0.4, -0.2) is 27.1 Å². The third-order valence-corrected chi connectivity index (χ3v) is 5.51. The van der Waals surface area contributed by atoms with Gasteiger partial charge in [0, 0.05) is 6.92 Å². The van der Waals surface area contributed by atoms with Crippen LogP contribution in [0, 0.1) is 11.8 Å². The molecule has 90 valence electrons. The van der Waals surface area contributed by atoms with E-state index in [1.807, 2.05) is 0 Å². The van der Waals surface area contributed by atoms with E-state index in [1.165, 1.54) is 13.3 Å². The predicted molar refractivity (Wildman–Crippen MR) is 62.2 cm³/mol. The average molecular weight is 289 g/mol. The molecule has 4 aliphatic carbocycles. The van der Waals surface area contributed by atoms with Crippen LogP contribution in [0.5, 0.6) is 0 Å². The third-order valence-electron chi connectivity index (χ3n) is 4.45. The number of halogens is 1. The van der Waals surface area contributed by atoms with Gasteiger partial charge in [-0.3, -0.25) is 4.79 Å². The summed E-state index contributed by atoms with van der Waals surface area (Å²) in [5, 5.41) is 10.7. The fraction of sp³-hybridized carbons (Fsp3) is 0.917. The Kier molecular flexibility index (Phi) is 2.22. The maximum Gasteiger partial charge on any atom is 0.303 e. The number of carbonyl (C=O) groups excluding carboxylic acids is 1. The van der Waals surface area contributed by atoms with Crippen LogP contribution in [0.1, 0.15) is 39.0 Å². The molecule has 1 N–H and O–H groups in total. The number of hydrogen-bond acceptors (Lipinski definition) is 3. The van der Waals surface area contributed by atoms with Crippen molar-refractivity contribution in [2.75, 3.05) is 0 Å². The number of esters is 1. The van der Waals surface area contributed by atoms with Crippen molar-refractivity contribution in [2.45, 2.75) is 55.1 Å². The molecule has 0 aromatic carbocycles. The summed E-state index contributed by atoms with van der Waals surface area (Å²) < 4.78 is 5.23. The maximum atomic E-state index is 11.2. The molecular weight excluding hydrogens is 272 g/mol. The van der Waals surface area contributed by atoms with Gasteiger partial charge in [-0.1, -0.05) is 15.9 Å². The van der Waals surface area contributed by atoms with E-state index in [-0.39, 0.29) is 16.4 Å². The van der Waals surface area contributed by atoms with E-state index in [0.29, 0.717) is 11.8 Å². The molecule has 0 aliphatic heterocycles. The van der Waals surface area contributed by atoms with Crippen molar-refractivity contribution in [1.82, 2.24) is 0 Å². The van der Waals surface area contributed by atoms with Crippen LogP contribution in [0.25, 0.3) is 0 Å². The zero-order chi connectivity index (χ0) is 11.6. The minimum Gasteiger partial charge on any atom is -0.458 e. The predicted octanol–water partition coefficient (Wildman–Crippen LogP) is 2.01. The minimum atomic E-state index is -0.779. The monoisotopic (exact) mass is 288 g/mol. The molecule has 4 saturated carbocycles. The number of carbonyl (C=O) groups is 1. The summed E-state index contributed by atoms with van der Waals surface area (Å²) in [5.41, 5.74) is -0.779. The SMILES string of the molecule is CC(=O)OC1C2(O)CC3CC(C2)CC1(Br)C3. The lowest BCUT2D eigenvalue weighted by molar-refractivity contribution is -0.211. The zero-order valence-electron chi connectivity index (χ0n) is 9.41. The summed E-state index contributed by atoms with van der Waals surface area (Å²) in [6, 6.07) is 0. The van der Waals surface area contributed by atoms with E-state index >= 15 is 0 Å². The van der Waals surface area contributed by atoms with Gasteiger partial charge in [0.15, 0.2) is 0 Å². The van der Waals surface area contributed by atoms with E-state index in [1.54, 1.807) is 0 Å². The first-order chi connectivity index (χ1) is 7.41. The Morgan fingerprint density at radius 1 is 1.31 bits per heavy atom. The van der Waals surface area contributed by atoms with Crippen LogP contribution in [0.4, 0.5) is 0 Å². The Hall–Kier alpha value is -0.0900. The van der Waals surface area contributed by atoms with Crippen molar-refractivity contribution >= 4 is 21.9 Å². The third kappa shape index (κ3) is 1.46. The van der Waals surface area contributed by atoms with Crippen LogP contribution in [0.15, 0.2) is 0 Å².